The number of amides is 2. The van der Waals surface area contributed by atoms with Gasteiger partial charge in [-0.25, -0.2) is 18.3 Å². The van der Waals surface area contributed by atoms with Crippen molar-refractivity contribution in [1.29, 1.82) is 0 Å². The van der Waals surface area contributed by atoms with Crippen LogP contribution in [0, 0.1) is 13.8 Å². The molecule has 2 heterocycles. The van der Waals surface area contributed by atoms with E-state index in [0.717, 1.165) is 42.4 Å². The largest absolute Gasteiger partial charge is 0.274 e. The van der Waals surface area contributed by atoms with Crippen molar-refractivity contribution < 1.29 is 18.0 Å². The zero-order valence-electron chi connectivity index (χ0n) is 23.2. The highest BCUT2D eigenvalue weighted by Gasteiger charge is 2.46. The molecule has 1 saturated heterocycles. The Kier molecular flexibility index (Phi) is 7.49. The molecular formula is C33H29N3O4S2. The van der Waals surface area contributed by atoms with E-state index in [0.29, 0.717) is 12.1 Å². The van der Waals surface area contributed by atoms with Crippen molar-refractivity contribution in [3.63, 3.8) is 0 Å². The first-order valence-corrected chi connectivity index (χ1v) is 15.9. The standard InChI is InChI=1S/C33H29N3O4S2/c1-22-8-15-27(16-9-22)42(39,40)35(19-18-24-6-4-3-5-7-24)29-21-31(37)36(33(29)38)26-13-11-25(12-14-26)32-34-28-17-10-23(2)20-30(28)41-32/h3-17,20,29H,18-19,21H2,1-2H3. The molecule has 0 N–H and O–H groups in total. The monoisotopic (exact) mass is 595 g/mol. The Bertz CT molecular complexity index is 1880. The fourth-order valence-electron chi connectivity index (χ4n) is 5.19. The van der Waals surface area contributed by atoms with Crippen LogP contribution in [0.3, 0.4) is 0 Å². The summed E-state index contributed by atoms with van der Waals surface area (Å²) >= 11 is 1.58. The van der Waals surface area contributed by atoms with Gasteiger partial charge in [0.15, 0.2) is 0 Å². The average molecular weight is 596 g/mol. The molecule has 2 amide bonds. The smallest absolute Gasteiger partial charge is 0.252 e. The molecular weight excluding hydrogens is 567 g/mol. The third-order valence-corrected chi connectivity index (χ3v) is 10.5. The third-order valence-electron chi connectivity index (χ3n) is 7.48. The highest BCUT2D eigenvalue weighted by atomic mass is 32.2. The summed E-state index contributed by atoms with van der Waals surface area (Å²) in [4.78, 5) is 33.0. The number of aryl methyl sites for hydroxylation is 2. The molecule has 1 atom stereocenters. The number of benzene rings is 4. The number of aromatic nitrogens is 1. The van der Waals surface area contributed by atoms with Crippen molar-refractivity contribution in [3.8, 4) is 10.6 Å². The molecule has 0 spiro atoms. The lowest BCUT2D eigenvalue weighted by molar-refractivity contribution is -0.122. The first-order valence-electron chi connectivity index (χ1n) is 13.7. The normalized spacial score (nSPS) is 15.7. The van der Waals surface area contributed by atoms with Gasteiger partial charge in [-0.05, 0) is 79.9 Å². The number of sulfonamides is 1. The van der Waals surface area contributed by atoms with Crippen LogP contribution in [0.2, 0.25) is 0 Å². The third kappa shape index (κ3) is 5.38. The first kappa shape index (κ1) is 28.0. The summed E-state index contributed by atoms with van der Waals surface area (Å²) in [5.41, 5.74) is 5.23. The molecule has 42 heavy (non-hydrogen) atoms. The van der Waals surface area contributed by atoms with Gasteiger partial charge in [-0.2, -0.15) is 4.31 Å². The predicted molar refractivity (Wildman–Crippen MR) is 166 cm³/mol. The summed E-state index contributed by atoms with van der Waals surface area (Å²) in [5, 5.41) is 0.843. The van der Waals surface area contributed by atoms with Crippen molar-refractivity contribution in [2.75, 3.05) is 11.4 Å². The molecule has 9 heteroatoms. The van der Waals surface area contributed by atoms with E-state index in [-0.39, 0.29) is 17.9 Å². The Morgan fingerprint density at radius 3 is 2.29 bits per heavy atom. The van der Waals surface area contributed by atoms with E-state index in [1.165, 1.54) is 4.31 Å². The number of carbonyl (C=O) groups is 2. The van der Waals surface area contributed by atoms with E-state index in [2.05, 4.69) is 6.07 Å². The zero-order valence-corrected chi connectivity index (χ0v) is 24.9. The lowest BCUT2D eigenvalue weighted by Gasteiger charge is -2.27. The molecule has 0 aliphatic carbocycles. The van der Waals surface area contributed by atoms with Gasteiger partial charge in [-0.1, -0.05) is 54.1 Å². The van der Waals surface area contributed by atoms with Crippen molar-refractivity contribution in [3.05, 3.63) is 114 Å². The summed E-state index contributed by atoms with van der Waals surface area (Å²) in [5.74, 6) is -0.982. The topological polar surface area (TPSA) is 87.7 Å². The van der Waals surface area contributed by atoms with Crippen molar-refractivity contribution in [2.24, 2.45) is 0 Å². The minimum Gasteiger partial charge on any atom is -0.274 e. The van der Waals surface area contributed by atoms with Crippen molar-refractivity contribution in [1.82, 2.24) is 9.29 Å². The highest BCUT2D eigenvalue weighted by molar-refractivity contribution is 7.89. The molecule has 212 valence electrons. The Hall–Kier alpha value is -4.18. The van der Waals surface area contributed by atoms with Crippen LogP contribution in [-0.2, 0) is 26.0 Å². The molecule has 1 aliphatic rings. The average Bonchev–Trinajstić information content (AvgIpc) is 3.53. The predicted octanol–water partition coefficient (Wildman–Crippen LogP) is 6.15. The van der Waals surface area contributed by atoms with Gasteiger partial charge in [-0.15, -0.1) is 11.3 Å². The molecule has 6 rings (SSSR count). The van der Waals surface area contributed by atoms with Crippen LogP contribution in [0.5, 0.6) is 0 Å². The van der Waals surface area contributed by atoms with Gasteiger partial charge in [0.2, 0.25) is 15.9 Å². The van der Waals surface area contributed by atoms with Gasteiger partial charge in [0, 0.05) is 12.1 Å². The summed E-state index contributed by atoms with van der Waals surface area (Å²) in [6.45, 7) is 3.98. The molecule has 5 aromatic rings. The van der Waals surface area contributed by atoms with Gasteiger partial charge < -0.3 is 0 Å². The second-order valence-corrected chi connectivity index (χ2v) is 13.4. The van der Waals surface area contributed by atoms with Crippen LogP contribution in [0.15, 0.2) is 102 Å². The summed E-state index contributed by atoms with van der Waals surface area (Å²) < 4.78 is 30.1. The number of nitrogens with zero attached hydrogens (tertiary/aromatic N) is 3. The summed E-state index contributed by atoms with van der Waals surface area (Å²) in [7, 11) is -4.07. The van der Waals surface area contributed by atoms with Crippen molar-refractivity contribution >= 4 is 49.1 Å². The molecule has 7 nitrogen and oxygen atoms in total. The van der Waals surface area contributed by atoms with E-state index in [1.54, 1.807) is 47.7 Å². The van der Waals surface area contributed by atoms with Gasteiger partial charge in [-0.3, -0.25) is 9.59 Å². The van der Waals surface area contributed by atoms with Gasteiger partial charge in [0.05, 0.1) is 27.2 Å². The minimum absolute atomic E-state index is 0.0633. The van der Waals surface area contributed by atoms with Crippen LogP contribution in [-0.4, -0.2) is 42.1 Å². The molecule has 0 bridgehead atoms. The summed E-state index contributed by atoms with van der Waals surface area (Å²) in [6, 6.07) is 28.1. The van der Waals surface area contributed by atoms with Crippen LogP contribution in [0.25, 0.3) is 20.8 Å². The Labute approximate surface area is 249 Å². The number of anilines is 1. The maximum Gasteiger partial charge on any atom is 0.252 e. The molecule has 1 unspecified atom stereocenters. The fourth-order valence-corrected chi connectivity index (χ4v) is 7.85. The van der Waals surface area contributed by atoms with Gasteiger partial charge in [0.1, 0.15) is 11.0 Å². The van der Waals surface area contributed by atoms with Crippen LogP contribution >= 0.6 is 11.3 Å². The number of thiazole rings is 1. The Morgan fingerprint density at radius 2 is 1.57 bits per heavy atom. The lowest BCUT2D eigenvalue weighted by atomic mass is 10.1. The fraction of sp³-hybridized carbons (Fsp3) is 0.182. The Morgan fingerprint density at radius 1 is 0.881 bits per heavy atom. The number of rotatable bonds is 8. The number of hydrogen-bond donors (Lipinski definition) is 0. The van der Waals surface area contributed by atoms with E-state index < -0.39 is 27.9 Å². The molecule has 1 aliphatic heterocycles. The van der Waals surface area contributed by atoms with Crippen LogP contribution in [0.1, 0.15) is 23.1 Å². The molecule has 4 aromatic carbocycles. The van der Waals surface area contributed by atoms with Crippen LogP contribution in [0.4, 0.5) is 5.69 Å². The van der Waals surface area contributed by atoms with Gasteiger partial charge >= 0.3 is 0 Å². The second-order valence-electron chi connectivity index (χ2n) is 10.5. The molecule has 0 radical (unpaired) electrons. The molecule has 1 fully saturated rings. The van der Waals surface area contributed by atoms with E-state index in [4.69, 9.17) is 4.98 Å². The minimum atomic E-state index is -4.07. The number of carbonyl (C=O) groups excluding carboxylic acids is 2. The van der Waals surface area contributed by atoms with Gasteiger partial charge in [0.25, 0.3) is 5.91 Å². The first-order chi connectivity index (χ1) is 20.2. The maximum absolute atomic E-state index is 13.9. The number of imide groups is 1. The van der Waals surface area contributed by atoms with Crippen molar-refractivity contribution in [2.45, 2.75) is 37.6 Å². The summed E-state index contributed by atoms with van der Waals surface area (Å²) in [6.07, 6.45) is 0.179. The van der Waals surface area contributed by atoms with Crippen LogP contribution < -0.4 is 4.90 Å². The highest BCUT2D eigenvalue weighted by Crippen LogP contribution is 2.34. The lowest BCUT2D eigenvalue weighted by Crippen LogP contribution is -2.46. The zero-order chi connectivity index (χ0) is 29.4. The second kappa shape index (κ2) is 11.2. The van der Waals surface area contributed by atoms with E-state index >= 15 is 0 Å². The number of fused-ring (bicyclic) bond motifs is 1. The number of hydrogen-bond acceptors (Lipinski definition) is 6. The molecule has 1 aromatic heterocycles. The Balaban J connectivity index is 1.29. The molecule has 0 saturated carbocycles. The van der Waals surface area contributed by atoms with E-state index in [9.17, 15) is 18.0 Å². The SMILES string of the molecule is Cc1ccc(S(=O)(=O)N(CCc2ccccc2)C2CC(=O)N(c3ccc(-c4nc5ccc(C)cc5s4)cc3)C2=O)cc1. The van der Waals surface area contributed by atoms with E-state index in [1.807, 2.05) is 68.4 Å². The quantitative estimate of drug-likeness (QED) is 0.201. The maximum atomic E-state index is 13.9.